The zero-order valence-electron chi connectivity index (χ0n) is 13.8. The third-order valence-electron chi connectivity index (χ3n) is 3.77. The minimum Gasteiger partial charge on any atom is -0.483 e. The molecule has 2 N–H and O–H groups in total. The molecule has 0 saturated heterocycles. The molecule has 1 fully saturated rings. The molecular formula is C19H19BrN2O3. The Morgan fingerprint density at radius 1 is 1.20 bits per heavy atom. The van der Waals surface area contributed by atoms with Crippen molar-refractivity contribution in [2.24, 2.45) is 0 Å². The molecule has 0 aromatic heterocycles. The van der Waals surface area contributed by atoms with Gasteiger partial charge in [0, 0.05) is 17.3 Å². The molecule has 3 rings (SSSR count). The maximum absolute atomic E-state index is 12.1. The lowest BCUT2D eigenvalue weighted by Crippen LogP contribution is -2.25. The number of hydrogen-bond acceptors (Lipinski definition) is 3. The molecule has 5 nitrogen and oxygen atoms in total. The number of ether oxygens (including phenoxy) is 1. The monoisotopic (exact) mass is 402 g/mol. The van der Waals surface area contributed by atoms with Gasteiger partial charge in [-0.1, -0.05) is 12.1 Å². The number of carbonyl (C=O) groups excluding carboxylic acids is 2. The Kier molecular flexibility index (Phi) is 5.38. The van der Waals surface area contributed by atoms with Gasteiger partial charge >= 0.3 is 0 Å². The van der Waals surface area contributed by atoms with E-state index in [2.05, 4.69) is 26.6 Å². The van der Waals surface area contributed by atoms with Crippen molar-refractivity contribution >= 4 is 33.4 Å². The van der Waals surface area contributed by atoms with Crippen LogP contribution in [0.3, 0.4) is 0 Å². The molecule has 2 aromatic rings. The lowest BCUT2D eigenvalue weighted by Gasteiger charge is -2.10. The van der Waals surface area contributed by atoms with Crippen LogP contribution in [-0.4, -0.2) is 24.5 Å². The average Bonchev–Trinajstić information content (AvgIpc) is 3.38. The van der Waals surface area contributed by atoms with Crippen LogP contribution in [-0.2, 0) is 4.79 Å². The molecule has 1 aliphatic carbocycles. The molecule has 0 spiro atoms. The number of aryl methyl sites for hydroxylation is 1. The number of hydrogen-bond donors (Lipinski definition) is 2. The summed E-state index contributed by atoms with van der Waals surface area (Å²) in [6, 6.07) is 12.8. The molecule has 0 bridgehead atoms. The van der Waals surface area contributed by atoms with E-state index in [0.29, 0.717) is 23.0 Å². The fraction of sp³-hybridized carbons (Fsp3) is 0.263. The summed E-state index contributed by atoms with van der Waals surface area (Å²) < 4.78 is 6.33. The molecular weight excluding hydrogens is 384 g/mol. The summed E-state index contributed by atoms with van der Waals surface area (Å²) in [7, 11) is 0. The summed E-state index contributed by atoms with van der Waals surface area (Å²) in [6.45, 7) is 1.87. The van der Waals surface area contributed by atoms with Gasteiger partial charge < -0.3 is 15.4 Å². The van der Waals surface area contributed by atoms with Crippen LogP contribution in [0.1, 0.15) is 28.8 Å². The van der Waals surface area contributed by atoms with E-state index in [1.54, 1.807) is 24.3 Å². The summed E-state index contributed by atoms with van der Waals surface area (Å²) in [6.07, 6.45) is 2.07. The fourth-order valence-corrected chi connectivity index (χ4v) is 2.91. The SMILES string of the molecule is Cc1ccc(OCC(=O)Nc2cccc(C(=O)NC3CC3)c2)c(Br)c1. The van der Waals surface area contributed by atoms with Crippen molar-refractivity contribution in [2.45, 2.75) is 25.8 Å². The Morgan fingerprint density at radius 3 is 2.72 bits per heavy atom. The molecule has 0 radical (unpaired) electrons. The van der Waals surface area contributed by atoms with Crippen LogP contribution in [0.25, 0.3) is 0 Å². The van der Waals surface area contributed by atoms with Crippen LogP contribution < -0.4 is 15.4 Å². The van der Waals surface area contributed by atoms with E-state index in [-0.39, 0.29) is 18.4 Å². The minimum absolute atomic E-state index is 0.111. The summed E-state index contributed by atoms with van der Waals surface area (Å²) >= 11 is 3.41. The topological polar surface area (TPSA) is 67.4 Å². The molecule has 1 saturated carbocycles. The number of rotatable bonds is 6. The zero-order chi connectivity index (χ0) is 17.8. The molecule has 25 heavy (non-hydrogen) atoms. The van der Waals surface area contributed by atoms with Gasteiger partial charge in [-0.15, -0.1) is 0 Å². The molecule has 0 aliphatic heterocycles. The van der Waals surface area contributed by atoms with Gasteiger partial charge in [-0.05, 0) is 71.6 Å². The second kappa shape index (κ2) is 7.70. The molecule has 2 aromatic carbocycles. The van der Waals surface area contributed by atoms with E-state index >= 15 is 0 Å². The van der Waals surface area contributed by atoms with E-state index in [1.807, 2.05) is 25.1 Å². The Hall–Kier alpha value is -2.34. The van der Waals surface area contributed by atoms with Crippen molar-refractivity contribution in [3.05, 3.63) is 58.1 Å². The van der Waals surface area contributed by atoms with Crippen LogP contribution in [0.15, 0.2) is 46.9 Å². The molecule has 130 valence electrons. The van der Waals surface area contributed by atoms with Crippen molar-refractivity contribution in [3.8, 4) is 5.75 Å². The number of nitrogens with one attached hydrogen (secondary N) is 2. The van der Waals surface area contributed by atoms with Gasteiger partial charge in [-0.2, -0.15) is 0 Å². The highest BCUT2D eigenvalue weighted by molar-refractivity contribution is 9.10. The van der Waals surface area contributed by atoms with Gasteiger partial charge in [0.1, 0.15) is 5.75 Å². The molecule has 0 heterocycles. The minimum atomic E-state index is -0.285. The number of benzene rings is 2. The van der Waals surface area contributed by atoms with E-state index in [4.69, 9.17) is 4.74 Å². The summed E-state index contributed by atoms with van der Waals surface area (Å²) in [5.74, 6) is 0.212. The van der Waals surface area contributed by atoms with Crippen molar-refractivity contribution in [2.75, 3.05) is 11.9 Å². The van der Waals surface area contributed by atoms with Gasteiger partial charge in [-0.3, -0.25) is 9.59 Å². The second-order valence-electron chi connectivity index (χ2n) is 6.10. The highest BCUT2D eigenvalue weighted by atomic mass is 79.9. The maximum atomic E-state index is 12.1. The van der Waals surface area contributed by atoms with Crippen LogP contribution in [0.4, 0.5) is 5.69 Å². The van der Waals surface area contributed by atoms with Gasteiger partial charge in [0.05, 0.1) is 4.47 Å². The van der Waals surface area contributed by atoms with Gasteiger partial charge in [0.2, 0.25) is 0 Å². The van der Waals surface area contributed by atoms with Gasteiger partial charge in [-0.25, -0.2) is 0 Å². The highest BCUT2D eigenvalue weighted by Crippen LogP contribution is 2.25. The normalized spacial score (nSPS) is 13.2. The first-order valence-corrected chi connectivity index (χ1v) is 8.90. The molecule has 2 amide bonds. The number of amides is 2. The lowest BCUT2D eigenvalue weighted by molar-refractivity contribution is -0.118. The van der Waals surface area contributed by atoms with Crippen LogP contribution >= 0.6 is 15.9 Å². The smallest absolute Gasteiger partial charge is 0.262 e. The number of carbonyl (C=O) groups is 2. The standard InChI is InChI=1S/C19H19BrN2O3/c1-12-5-8-17(16(20)9-12)25-11-18(23)21-15-4-2-3-13(10-15)19(24)22-14-6-7-14/h2-5,8-10,14H,6-7,11H2,1H3,(H,21,23)(H,22,24). The number of anilines is 1. The second-order valence-corrected chi connectivity index (χ2v) is 6.95. The molecule has 0 unspecified atom stereocenters. The predicted octanol–water partition coefficient (Wildman–Crippen LogP) is 3.67. The Balaban J connectivity index is 1.56. The Morgan fingerprint density at radius 2 is 2.00 bits per heavy atom. The Bertz CT molecular complexity index is 803. The largest absolute Gasteiger partial charge is 0.483 e. The van der Waals surface area contributed by atoms with Crippen molar-refractivity contribution in [3.63, 3.8) is 0 Å². The van der Waals surface area contributed by atoms with Crippen molar-refractivity contribution in [1.82, 2.24) is 5.32 Å². The van der Waals surface area contributed by atoms with Crippen molar-refractivity contribution in [1.29, 1.82) is 0 Å². The first-order chi connectivity index (χ1) is 12.0. The number of halogens is 1. The summed E-state index contributed by atoms with van der Waals surface area (Å²) in [4.78, 5) is 24.1. The van der Waals surface area contributed by atoms with E-state index in [1.165, 1.54) is 0 Å². The predicted molar refractivity (Wildman–Crippen MR) is 99.9 cm³/mol. The van der Waals surface area contributed by atoms with Gasteiger partial charge in [0.15, 0.2) is 6.61 Å². The summed E-state index contributed by atoms with van der Waals surface area (Å²) in [5, 5.41) is 5.67. The zero-order valence-corrected chi connectivity index (χ0v) is 15.4. The van der Waals surface area contributed by atoms with Gasteiger partial charge in [0.25, 0.3) is 11.8 Å². The van der Waals surface area contributed by atoms with Crippen LogP contribution in [0.2, 0.25) is 0 Å². The Labute approximate surface area is 154 Å². The van der Waals surface area contributed by atoms with E-state index in [0.717, 1.165) is 22.9 Å². The van der Waals surface area contributed by atoms with E-state index in [9.17, 15) is 9.59 Å². The van der Waals surface area contributed by atoms with Crippen molar-refractivity contribution < 1.29 is 14.3 Å². The van der Waals surface area contributed by atoms with Crippen LogP contribution in [0.5, 0.6) is 5.75 Å². The third-order valence-corrected chi connectivity index (χ3v) is 4.39. The lowest BCUT2D eigenvalue weighted by atomic mass is 10.2. The fourth-order valence-electron chi connectivity index (χ4n) is 2.30. The third kappa shape index (κ3) is 5.06. The highest BCUT2D eigenvalue weighted by Gasteiger charge is 2.23. The molecule has 1 aliphatic rings. The van der Waals surface area contributed by atoms with E-state index < -0.39 is 0 Å². The quantitative estimate of drug-likeness (QED) is 0.774. The van der Waals surface area contributed by atoms with Crippen LogP contribution in [0, 0.1) is 6.92 Å². The first-order valence-electron chi connectivity index (χ1n) is 8.11. The summed E-state index contributed by atoms with van der Waals surface area (Å²) in [5.41, 5.74) is 2.21. The average molecular weight is 403 g/mol. The maximum Gasteiger partial charge on any atom is 0.262 e. The first kappa shape index (κ1) is 17.5. The molecule has 6 heteroatoms. The molecule has 0 atom stereocenters.